The van der Waals surface area contributed by atoms with E-state index in [2.05, 4.69) is 6.58 Å². The van der Waals surface area contributed by atoms with Crippen LogP contribution in [0.1, 0.15) is 24.8 Å². The molecule has 96 valence electrons. The number of carbonyl (C=O) groups excluding carboxylic acids is 1. The van der Waals surface area contributed by atoms with E-state index in [1.165, 1.54) is 0 Å². The number of benzene rings is 1. The largest absolute Gasteiger partial charge is 0.399 e. The van der Waals surface area contributed by atoms with Crippen molar-refractivity contribution in [3.05, 3.63) is 42.5 Å². The zero-order chi connectivity index (χ0) is 13.2. The van der Waals surface area contributed by atoms with Gasteiger partial charge in [0.05, 0.1) is 5.41 Å². The quantitative estimate of drug-likeness (QED) is 0.638. The first-order valence-electron chi connectivity index (χ1n) is 6.32. The number of rotatable bonds is 5. The minimum Gasteiger partial charge on any atom is -0.399 e. The molecule has 0 saturated heterocycles. The average Bonchev–Trinajstić information content (AvgIpc) is 3.17. The van der Waals surface area contributed by atoms with Crippen LogP contribution in [0.2, 0.25) is 0 Å². The van der Waals surface area contributed by atoms with Crippen molar-refractivity contribution < 1.29 is 4.79 Å². The second kappa shape index (κ2) is 4.84. The fraction of sp³-hybridized carbons (Fsp3) is 0.400. The number of nitrogen functional groups attached to an aromatic ring is 1. The van der Waals surface area contributed by atoms with Gasteiger partial charge in [0.2, 0.25) is 5.91 Å². The third-order valence-electron chi connectivity index (χ3n) is 3.64. The second-order valence-corrected chi connectivity index (χ2v) is 5.01. The molecule has 0 atom stereocenters. The molecule has 3 heteroatoms. The molecule has 2 N–H and O–H groups in total. The highest BCUT2D eigenvalue weighted by Crippen LogP contribution is 2.49. The standard InChI is InChI=1S/C15H20N2O/c1-3-4-11-17(2)14(18)15(9-10-15)12-5-7-13(16)8-6-12/h3,5-8H,1,4,9-11,16H2,2H3. The van der Waals surface area contributed by atoms with Crippen LogP contribution >= 0.6 is 0 Å². The Kier molecular flexibility index (Phi) is 3.41. The predicted molar refractivity (Wildman–Crippen MR) is 74.2 cm³/mol. The zero-order valence-corrected chi connectivity index (χ0v) is 10.9. The highest BCUT2D eigenvalue weighted by molar-refractivity contribution is 5.91. The molecule has 3 nitrogen and oxygen atoms in total. The van der Waals surface area contributed by atoms with Crippen molar-refractivity contribution in [3.63, 3.8) is 0 Å². The normalized spacial score (nSPS) is 16.1. The number of carbonyl (C=O) groups is 1. The molecule has 0 aromatic heterocycles. The summed E-state index contributed by atoms with van der Waals surface area (Å²) in [4.78, 5) is 14.3. The van der Waals surface area contributed by atoms with Gasteiger partial charge in [-0.1, -0.05) is 18.2 Å². The summed E-state index contributed by atoms with van der Waals surface area (Å²) in [5, 5.41) is 0. The van der Waals surface area contributed by atoms with Crippen LogP contribution in [-0.4, -0.2) is 24.4 Å². The monoisotopic (exact) mass is 244 g/mol. The topological polar surface area (TPSA) is 46.3 Å². The Morgan fingerprint density at radius 1 is 1.44 bits per heavy atom. The number of likely N-dealkylation sites (N-methyl/N-ethyl adjacent to an activating group) is 1. The maximum absolute atomic E-state index is 12.5. The lowest BCUT2D eigenvalue weighted by Crippen LogP contribution is -2.37. The maximum atomic E-state index is 12.5. The summed E-state index contributed by atoms with van der Waals surface area (Å²) in [6.45, 7) is 4.42. The first kappa shape index (κ1) is 12.7. The van der Waals surface area contributed by atoms with Crippen LogP contribution in [0.3, 0.4) is 0 Å². The molecule has 0 spiro atoms. The highest BCUT2D eigenvalue weighted by atomic mass is 16.2. The van der Waals surface area contributed by atoms with Crippen LogP contribution in [0.4, 0.5) is 5.69 Å². The van der Waals surface area contributed by atoms with Gasteiger partial charge >= 0.3 is 0 Å². The van der Waals surface area contributed by atoms with E-state index in [0.717, 1.165) is 37.1 Å². The van der Waals surface area contributed by atoms with Crippen molar-refractivity contribution >= 4 is 11.6 Å². The molecular formula is C15H20N2O. The van der Waals surface area contributed by atoms with E-state index in [-0.39, 0.29) is 11.3 Å². The molecule has 1 saturated carbocycles. The fourth-order valence-electron chi connectivity index (χ4n) is 2.31. The van der Waals surface area contributed by atoms with Crippen LogP contribution in [0.25, 0.3) is 0 Å². The Bertz CT molecular complexity index is 446. The van der Waals surface area contributed by atoms with Crippen molar-refractivity contribution in [1.29, 1.82) is 0 Å². The van der Waals surface area contributed by atoms with Gasteiger partial charge in [0.15, 0.2) is 0 Å². The third kappa shape index (κ3) is 2.26. The molecule has 0 bridgehead atoms. The number of amides is 1. The first-order valence-corrected chi connectivity index (χ1v) is 6.32. The minimum atomic E-state index is -0.288. The molecule has 1 aromatic carbocycles. The van der Waals surface area contributed by atoms with Gasteiger partial charge in [-0.3, -0.25) is 4.79 Å². The summed E-state index contributed by atoms with van der Waals surface area (Å²) in [5.41, 5.74) is 7.23. The van der Waals surface area contributed by atoms with E-state index in [4.69, 9.17) is 5.73 Å². The van der Waals surface area contributed by atoms with E-state index in [1.54, 1.807) is 0 Å². The SMILES string of the molecule is C=CCCN(C)C(=O)C1(c2ccc(N)cc2)CC1. The lowest BCUT2D eigenvalue weighted by molar-refractivity contribution is -0.132. The van der Waals surface area contributed by atoms with Crippen molar-refractivity contribution in [2.75, 3.05) is 19.3 Å². The summed E-state index contributed by atoms with van der Waals surface area (Å²) >= 11 is 0. The number of hydrogen-bond donors (Lipinski definition) is 1. The molecular weight excluding hydrogens is 224 g/mol. The smallest absolute Gasteiger partial charge is 0.232 e. The number of nitrogens with two attached hydrogens (primary N) is 1. The van der Waals surface area contributed by atoms with E-state index >= 15 is 0 Å². The Morgan fingerprint density at radius 2 is 2.06 bits per heavy atom. The molecule has 0 unspecified atom stereocenters. The van der Waals surface area contributed by atoms with E-state index in [9.17, 15) is 4.79 Å². The van der Waals surface area contributed by atoms with Crippen molar-refractivity contribution in [2.24, 2.45) is 0 Å². The fourth-order valence-corrected chi connectivity index (χ4v) is 2.31. The summed E-state index contributed by atoms with van der Waals surface area (Å²) in [5.74, 6) is 0.217. The van der Waals surface area contributed by atoms with Gasteiger partial charge in [-0.2, -0.15) is 0 Å². The van der Waals surface area contributed by atoms with Gasteiger partial charge in [0.1, 0.15) is 0 Å². The molecule has 1 amide bonds. The minimum absolute atomic E-state index is 0.217. The number of nitrogens with zero attached hydrogens (tertiary/aromatic N) is 1. The lowest BCUT2D eigenvalue weighted by Gasteiger charge is -2.23. The van der Waals surface area contributed by atoms with Crippen LogP contribution in [-0.2, 0) is 10.2 Å². The molecule has 2 rings (SSSR count). The van der Waals surface area contributed by atoms with Crippen molar-refractivity contribution in [3.8, 4) is 0 Å². The van der Waals surface area contributed by atoms with Gasteiger partial charge in [0.25, 0.3) is 0 Å². The zero-order valence-electron chi connectivity index (χ0n) is 10.9. The Hall–Kier alpha value is -1.77. The van der Waals surface area contributed by atoms with E-state index < -0.39 is 0 Å². The molecule has 0 radical (unpaired) electrons. The number of anilines is 1. The molecule has 0 aliphatic heterocycles. The van der Waals surface area contributed by atoms with Crippen LogP contribution < -0.4 is 5.73 Å². The summed E-state index contributed by atoms with van der Waals surface area (Å²) in [6.07, 6.45) is 4.55. The summed E-state index contributed by atoms with van der Waals surface area (Å²) in [7, 11) is 1.86. The summed E-state index contributed by atoms with van der Waals surface area (Å²) < 4.78 is 0. The van der Waals surface area contributed by atoms with Crippen LogP contribution in [0.15, 0.2) is 36.9 Å². The molecule has 1 aliphatic rings. The Morgan fingerprint density at radius 3 is 2.56 bits per heavy atom. The van der Waals surface area contributed by atoms with Gasteiger partial charge in [-0.15, -0.1) is 6.58 Å². The van der Waals surface area contributed by atoms with Crippen molar-refractivity contribution in [1.82, 2.24) is 4.90 Å². The van der Waals surface area contributed by atoms with E-state index in [0.29, 0.717) is 0 Å². The second-order valence-electron chi connectivity index (χ2n) is 5.01. The van der Waals surface area contributed by atoms with Crippen LogP contribution in [0.5, 0.6) is 0 Å². The van der Waals surface area contributed by atoms with Crippen molar-refractivity contribution in [2.45, 2.75) is 24.7 Å². The molecule has 1 aliphatic carbocycles. The Labute approximate surface area is 108 Å². The van der Waals surface area contributed by atoms with Gasteiger partial charge in [0, 0.05) is 19.3 Å². The predicted octanol–water partition coefficient (Wildman–Crippen LogP) is 2.33. The lowest BCUT2D eigenvalue weighted by atomic mass is 9.94. The molecule has 1 fully saturated rings. The number of hydrogen-bond acceptors (Lipinski definition) is 2. The average molecular weight is 244 g/mol. The van der Waals surface area contributed by atoms with Crippen LogP contribution in [0, 0.1) is 0 Å². The first-order chi connectivity index (χ1) is 8.60. The third-order valence-corrected chi connectivity index (χ3v) is 3.64. The summed E-state index contributed by atoms with van der Waals surface area (Å²) in [6, 6.07) is 7.68. The van der Waals surface area contributed by atoms with Gasteiger partial charge in [-0.25, -0.2) is 0 Å². The Balaban J connectivity index is 2.13. The molecule has 0 heterocycles. The molecule has 18 heavy (non-hydrogen) atoms. The van der Waals surface area contributed by atoms with E-state index in [1.807, 2.05) is 42.3 Å². The molecule has 1 aromatic rings. The van der Waals surface area contributed by atoms with Gasteiger partial charge < -0.3 is 10.6 Å². The highest BCUT2D eigenvalue weighted by Gasteiger charge is 2.52. The van der Waals surface area contributed by atoms with Gasteiger partial charge in [-0.05, 0) is 37.0 Å². The maximum Gasteiger partial charge on any atom is 0.232 e.